The molecular weight excluding hydrogens is 244 g/mol. The second kappa shape index (κ2) is 5.22. The first-order valence-electron chi connectivity index (χ1n) is 6.11. The number of aryl methyl sites for hydroxylation is 3. The molecule has 5 nitrogen and oxygen atoms in total. The van der Waals surface area contributed by atoms with E-state index in [1.54, 1.807) is 0 Å². The molecule has 0 spiro atoms. The second-order valence-corrected chi connectivity index (χ2v) is 4.66. The molecule has 0 saturated carbocycles. The minimum Gasteiger partial charge on any atom is -0.464 e. The predicted molar refractivity (Wildman–Crippen MR) is 70.5 cm³/mol. The van der Waals surface area contributed by atoms with E-state index in [0.717, 1.165) is 22.8 Å². The van der Waals surface area contributed by atoms with Gasteiger partial charge < -0.3 is 19.5 Å². The van der Waals surface area contributed by atoms with E-state index in [0.29, 0.717) is 18.8 Å². The van der Waals surface area contributed by atoms with Gasteiger partial charge in [0.05, 0.1) is 13.1 Å². The molecule has 19 heavy (non-hydrogen) atoms. The third-order valence-corrected chi connectivity index (χ3v) is 3.02. The normalized spacial score (nSPS) is 10.7. The molecule has 2 aromatic heterocycles. The van der Waals surface area contributed by atoms with Gasteiger partial charge in [0.25, 0.3) is 0 Å². The first kappa shape index (κ1) is 13.3. The fraction of sp³-hybridized carbons (Fsp3) is 0.357. The average Bonchev–Trinajstić information content (AvgIpc) is 2.85. The van der Waals surface area contributed by atoms with Crippen molar-refractivity contribution < 1.29 is 13.6 Å². The zero-order valence-electron chi connectivity index (χ0n) is 11.4. The van der Waals surface area contributed by atoms with Gasteiger partial charge in [-0.1, -0.05) is 0 Å². The summed E-state index contributed by atoms with van der Waals surface area (Å²) in [6, 6.07) is 5.11. The maximum atomic E-state index is 11.5. The zero-order valence-corrected chi connectivity index (χ0v) is 11.4. The Kier molecular flexibility index (Phi) is 3.64. The molecule has 102 valence electrons. The highest BCUT2D eigenvalue weighted by atomic mass is 16.3. The molecule has 0 bridgehead atoms. The Morgan fingerprint density at radius 3 is 2.32 bits per heavy atom. The maximum Gasteiger partial charge on any atom is 0.315 e. The smallest absolute Gasteiger partial charge is 0.315 e. The van der Waals surface area contributed by atoms with Crippen molar-refractivity contribution in [2.24, 2.45) is 5.73 Å². The third-order valence-electron chi connectivity index (χ3n) is 3.02. The molecule has 2 aromatic rings. The number of carbonyl (C=O) groups excluding carboxylic acids is 1. The number of nitrogens with zero attached hydrogens (tertiary/aromatic N) is 1. The van der Waals surface area contributed by atoms with Crippen molar-refractivity contribution in [3.8, 4) is 0 Å². The fourth-order valence-corrected chi connectivity index (χ4v) is 1.89. The Morgan fingerprint density at radius 1 is 1.16 bits per heavy atom. The number of rotatable bonds is 4. The maximum absolute atomic E-state index is 11.5. The van der Waals surface area contributed by atoms with Crippen LogP contribution in [-0.2, 0) is 13.1 Å². The van der Waals surface area contributed by atoms with Crippen LogP contribution in [0.15, 0.2) is 27.0 Å². The van der Waals surface area contributed by atoms with Crippen LogP contribution in [0.25, 0.3) is 0 Å². The van der Waals surface area contributed by atoms with E-state index in [1.165, 1.54) is 4.90 Å². The van der Waals surface area contributed by atoms with Crippen LogP contribution in [-0.4, -0.2) is 10.9 Å². The minimum absolute atomic E-state index is 0.335. The molecule has 5 heteroatoms. The summed E-state index contributed by atoms with van der Waals surface area (Å²) in [6.07, 6.45) is 0. The van der Waals surface area contributed by atoms with E-state index in [2.05, 4.69) is 0 Å². The number of furan rings is 2. The van der Waals surface area contributed by atoms with E-state index >= 15 is 0 Å². The van der Waals surface area contributed by atoms with Crippen LogP contribution in [0.4, 0.5) is 4.79 Å². The highest BCUT2D eigenvalue weighted by molar-refractivity contribution is 5.71. The Bertz CT molecular complexity index is 564. The highest BCUT2D eigenvalue weighted by Crippen LogP contribution is 2.17. The zero-order chi connectivity index (χ0) is 14.0. The molecule has 0 atom stereocenters. The average molecular weight is 262 g/mol. The Labute approximate surface area is 112 Å². The van der Waals surface area contributed by atoms with Gasteiger partial charge in [-0.2, -0.15) is 0 Å². The number of hydrogen-bond acceptors (Lipinski definition) is 3. The van der Waals surface area contributed by atoms with Gasteiger partial charge in [0.15, 0.2) is 0 Å². The summed E-state index contributed by atoms with van der Waals surface area (Å²) < 4.78 is 11.0. The topological polar surface area (TPSA) is 72.6 Å². The van der Waals surface area contributed by atoms with E-state index in [-0.39, 0.29) is 0 Å². The van der Waals surface area contributed by atoms with Crippen molar-refractivity contribution in [3.05, 3.63) is 46.8 Å². The number of carbonyl (C=O) groups is 1. The van der Waals surface area contributed by atoms with Gasteiger partial charge in [-0.05, 0) is 44.5 Å². The summed E-state index contributed by atoms with van der Waals surface area (Å²) in [4.78, 5) is 13.0. The molecule has 0 saturated heterocycles. The van der Waals surface area contributed by atoms with Crippen molar-refractivity contribution in [3.63, 3.8) is 0 Å². The lowest BCUT2D eigenvalue weighted by Crippen LogP contribution is -2.34. The van der Waals surface area contributed by atoms with Crippen molar-refractivity contribution in [2.45, 2.75) is 33.9 Å². The number of hydrogen-bond donors (Lipinski definition) is 1. The van der Waals surface area contributed by atoms with Crippen molar-refractivity contribution in [2.75, 3.05) is 0 Å². The summed E-state index contributed by atoms with van der Waals surface area (Å²) in [7, 11) is 0. The first-order valence-corrected chi connectivity index (χ1v) is 6.11. The van der Waals surface area contributed by atoms with Crippen LogP contribution in [0.1, 0.15) is 28.6 Å². The van der Waals surface area contributed by atoms with Gasteiger partial charge in [0.2, 0.25) is 0 Å². The van der Waals surface area contributed by atoms with Crippen LogP contribution in [0.3, 0.4) is 0 Å². The molecule has 0 aliphatic heterocycles. The number of nitrogens with two attached hydrogens (primary N) is 1. The third kappa shape index (κ3) is 3.19. The van der Waals surface area contributed by atoms with E-state index in [1.807, 2.05) is 39.0 Å². The van der Waals surface area contributed by atoms with Gasteiger partial charge in [-0.25, -0.2) is 4.79 Å². The molecule has 0 radical (unpaired) electrons. The van der Waals surface area contributed by atoms with E-state index in [9.17, 15) is 4.79 Å². The summed E-state index contributed by atoms with van der Waals surface area (Å²) in [5.74, 6) is 3.09. The quantitative estimate of drug-likeness (QED) is 0.920. The van der Waals surface area contributed by atoms with Crippen LogP contribution in [0, 0.1) is 20.8 Å². The first-order chi connectivity index (χ1) is 8.95. The van der Waals surface area contributed by atoms with Gasteiger partial charge in [0, 0.05) is 0 Å². The summed E-state index contributed by atoms with van der Waals surface area (Å²) in [5, 5.41) is 0. The molecular formula is C14H18N2O3. The Balaban J connectivity index is 2.10. The predicted octanol–water partition coefficient (Wildman–Crippen LogP) is 2.88. The van der Waals surface area contributed by atoms with Crippen molar-refractivity contribution in [1.82, 2.24) is 4.90 Å². The molecule has 2 rings (SSSR count). The van der Waals surface area contributed by atoms with Crippen molar-refractivity contribution in [1.29, 1.82) is 0 Å². The monoisotopic (exact) mass is 262 g/mol. The molecule has 0 aliphatic rings. The van der Waals surface area contributed by atoms with Crippen LogP contribution in [0.5, 0.6) is 0 Å². The van der Waals surface area contributed by atoms with Crippen molar-refractivity contribution >= 4 is 6.03 Å². The lowest BCUT2D eigenvalue weighted by atomic mass is 10.3. The Hall–Kier alpha value is -2.17. The minimum atomic E-state index is -0.499. The summed E-state index contributed by atoms with van der Waals surface area (Å²) in [5.41, 5.74) is 6.45. The Morgan fingerprint density at radius 2 is 1.84 bits per heavy atom. The SMILES string of the molecule is Cc1ccc(CN(Cc2cc(C)c(C)o2)C(N)=O)o1. The number of amides is 2. The largest absolute Gasteiger partial charge is 0.464 e. The van der Waals surface area contributed by atoms with Crippen LogP contribution < -0.4 is 5.73 Å². The highest BCUT2D eigenvalue weighted by Gasteiger charge is 2.15. The molecule has 2 amide bonds. The van der Waals surface area contributed by atoms with E-state index in [4.69, 9.17) is 14.6 Å². The molecule has 0 aromatic carbocycles. The fourth-order valence-electron chi connectivity index (χ4n) is 1.89. The molecule has 2 heterocycles. The van der Waals surface area contributed by atoms with Gasteiger partial charge >= 0.3 is 6.03 Å². The lowest BCUT2D eigenvalue weighted by molar-refractivity contribution is 0.191. The molecule has 0 fully saturated rings. The van der Waals surface area contributed by atoms with Crippen LogP contribution >= 0.6 is 0 Å². The standard InChI is InChI=1S/C14H18N2O3/c1-9-6-13(19-11(9)3)8-16(14(15)17)7-12-5-4-10(2)18-12/h4-6H,7-8H2,1-3H3,(H2,15,17). The van der Waals surface area contributed by atoms with E-state index < -0.39 is 6.03 Å². The molecule has 0 unspecified atom stereocenters. The molecule has 0 aliphatic carbocycles. The lowest BCUT2D eigenvalue weighted by Gasteiger charge is -2.17. The van der Waals surface area contributed by atoms with Gasteiger partial charge in [-0.15, -0.1) is 0 Å². The number of urea groups is 1. The van der Waals surface area contributed by atoms with Crippen LogP contribution in [0.2, 0.25) is 0 Å². The number of primary amides is 1. The van der Waals surface area contributed by atoms with Gasteiger partial charge in [-0.3, -0.25) is 0 Å². The second-order valence-electron chi connectivity index (χ2n) is 4.66. The van der Waals surface area contributed by atoms with Gasteiger partial charge in [0.1, 0.15) is 23.0 Å². The molecule has 2 N–H and O–H groups in total. The summed E-state index contributed by atoms with van der Waals surface area (Å²) in [6.45, 7) is 6.39. The summed E-state index contributed by atoms with van der Waals surface area (Å²) >= 11 is 0.